The molecule has 0 amide bonds. The van der Waals surface area contributed by atoms with E-state index in [0.29, 0.717) is 28.2 Å². The van der Waals surface area contributed by atoms with Crippen molar-refractivity contribution in [1.29, 1.82) is 0 Å². The average Bonchev–Trinajstić information content (AvgIpc) is 3.18. The molecule has 3 aromatic rings. The third kappa shape index (κ3) is 4.87. The summed E-state index contributed by atoms with van der Waals surface area (Å²) in [5, 5.41) is 10.8. The molecule has 0 saturated heterocycles. The highest BCUT2D eigenvalue weighted by atomic mass is 19.1. The van der Waals surface area contributed by atoms with E-state index in [0.717, 1.165) is 0 Å². The number of carbonyl (C=O) groups excluding carboxylic acids is 1. The standard InChI is InChI=1S/C24H17FN2O6/c1-31-21-11-6-15(13-22(21)32-14-17-4-2-3-5-19(17)25)12-20-24(28)33-23(26-20)16-7-9-18(10-8-16)27(29)30/h2-13H,14H2,1H3/b20-12-. The highest BCUT2D eigenvalue weighted by molar-refractivity contribution is 6.12. The van der Waals surface area contributed by atoms with Gasteiger partial charge in [0.1, 0.15) is 12.4 Å². The average molecular weight is 448 g/mol. The maximum atomic E-state index is 13.9. The van der Waals surface area contributed by atoms with Gasteiger partial charge < -0.3 is 14.2 Å². The number of nitro benzene ring substituents is 1. The first-order valence-corrected chi connectivity index (χ1v) is 9.76. The molecule has 1 aliphatic heterocycles. The Balaban J connectivity index is 1.57. The van der Waals surface area contributed by atoms with Crippen molar-refractivity contribution < 1.29 is 28.3 Å². The minimum atomic E-state index is -0.659. The number of methoxy groups -OCH3 is 1. The van der Waals surface area contributed by atoms with Crippen LogP contribution < -0.4 is 9.47 Å². The fourth-order valence-electron chi connectivity index (χ4n) is 3.08. The number of rotatable bonds is 7. The van der Waals surface area contributed by atoms with E-state index in [4.69, 9.17) is 14.2 Å². The predicted molar refractivity (Wildman–Crippen MR) is 117 cm³/mol. The molecule has 4 rings (SSSR count). The number of nitro groups is 1. The van der Waals surface area contributed by atoms with Crippen LogP contribution in [0, 0.1) is 15.9 Å². The molecule has 0 atom stereocenters. The monoisotopic (exact) mass is 448 g/mol. The normalized spacial score (nSPS) is 14.1. The summed E-state index contributed by atoms with van der Waals surface area (Å²) in [7, 11) is 1.48. The second-order valence-electron chi connectivity index (χ2n) is 6.93. The summed E-state index contributed by atoms with van der Waals surface area (Å²) >= 11 is 0. The maximum absolute atomic E-state index is 13.9. The van der Waals surface area contributed by atoms with Crippen molar-refractivity contribution in [2.45, 2.75) is 6.61 Å². The summed E-state index contributed by atoms with van der Waals surface area (Å²) in [5.41, 5.74) is 1.37. The number of hydrogen-bond acceptors (Lipinski definition) is 7. The molecule has 1 aliphatic rings. The van der Waals surface area contributed by atoms with Crippen molar-refractivity contribution in [1.82, 2.24) is 0 Å². The SMILES string of the molecule is COc1ccc(/C=C2\N=C(c3ccc([N+](=O)[O-])cc3)OC2=O)cc1OCc1ccccc1F. The first kappa shape index (κ1) is 21.7. The number of non-ortho nitro benzene ring substituents is 1. The van der Waals surface area contributed by atoms with Crippen LogP contribution in [0.2, 0.25) is 0 Å². The molecule has 166 valence electrons. The first-order valence-electron chi connectivity index (χ1n) is 9.76. The molecule has 0 unspecified atom stereocenters. The quantitative estimate of drug-likeness (QED) is 0.225. The van der Waals surface area contributed by atoms with Crippen molar-refractivity contribution in [3.05, 3.63) is 105 Å². The van der Waals surface area contributed by atoms with Gasteiger partial charge in [-0.1, -0.05) is 24.3 Å². The number of benzene rings is 3. The zero-order valence-electron chi connectivity index (χ0n) is 17.4. The Labute approximate surface area is 187 Å². The van der Waals surface area contributed by atoms with E-state index in [-0.39, 0.29) is 29.7 Å². The zero-order chi connectivity index (χ0) is 23.4. The highest BCUT2D eigenvalue weighted by Gasteiger charge is 2.24. The number of aliphatic imine (C=N–C) groups is 1. The van der Waals surface area contributed by atoms with E-state index in [1.165, 1.54) is 43.5 Å². The Bertz CT molecular complexity index is 1280. The number of ether oxygens (including phenoxy) is 3. The fourth-order valence-corrected chi connectivity index (χ4v) is 3.08. The summed E-state index contributed by atoms with van der Waals surface area (Å²) in [4.78, 5) is 26.8. The van der Waals surface area contributed by atoms with E-state index in [2.05, 4.69) is 4.99 Å². The van der Waals surface area contributed by atoms with Gasteiger partial charge in [0.05, 0.1) is 12.0 Å². The first-order chi connectivity index (χ1) is 15.9. The van der Waals surface area contributed by atoms with Crippen molar-refractivity contribution in [3.8, 4) is 11.5 Å². The van der Waals surface area contributed by atoms with Crippen LogP contribution in [0.15, 0.2) is 77.4 Å². The predicted octanol–water partition coefficient (Wildman–Crippen LogP) is 4.67. The largest absolute Gasteiger partial charge is 0.493 e. The number of hydrogen-bond donors (Lipinski definition) is 0. The molecule has 0 aliphatic carbocycles. The molecule has 0 N–H and O–H groups in total. The van der Waals surface area contributed by atoms with Crippen LogP contribution in [0.25, 0.3) is 6.08 Å². The lowest BCUT2D eigenvalue weighted by molar-refractivity contribution is -0.384. The van der Waals surface area contributed by atoms with Gasteiger partial charge in [0, 0.05) is 23.3 Å². The highest BCUT2D eigenvalue weighted by Crippen LogP contribution is 2.31. The summed E-state index contributed by atoms with van der Waals surface area (Å²) in [5.74, 6) is -0.186. The van der Waals surface area contributed by atoms with Crippen LogP contribution in [-0.4, -0.2) is 23.9 Å². The van der Waals surface area contributed by atoms with E-state index in [9.17, 15) is 19.3 Å². The van der Waals surface area contributed by atoms with Crippen molar-refractivity contribution in [2.75, 3.05) is 7.11 Å². The minimum Gasteiger partial charge on any atom is -0.493 e. The summed E-state index contributed by atoms with van der Waals surface area (Å²) < 4.78 is 30.1. The van der Waals surface area contributed by atoms with Crippen LogP contribution in [-0.2, 0) is 16.1 Å². The summed E-state index contributed by atoms with van der Waals surface area (Å²) in [6.07, 6.45) is 1.51. The Hall–Kier alpha value is -4.53. The van der Waals surface area contributed by atoms with Gasteiger partial charge in [-0.15, -0.1) is 0 Å². The van der Waals surface area contributed by atoms with E-state index in [1.807, 2.05) is 0 Å². The van der Waals surface area contributed by atoms with Crippen molar-refractivity contribution in [2.24, 2.45) is 4.99 Å². The molecule has 3 aromatic carbocycles. The molecule has 33 heavy (non-hydrogen) atoms. The van der Waals surface area contributed by atoms with Crippen LogP contribution in [0.3, 0.4) is 0 Å². The van der Waals surface area contributed by atoms with Gasteiger partial charge in [0.15, 0.2) is 17.2 Å². The lowest BCUT2D eigenvalue weighted by Gasteiger charge is -2.12. The minimum absolute atomic E-state index is 0.00640. The lowest BCUT2D eigenvalue weighted by atomic mass is 10.1. The molecular formula is C24H17FN2O6. The lowest BCUT2D eigenvalue weighted by Crippen LogP contribution is -2.05. The van der Waals surface area contributed by atoms with Crippen LogP contribution in [0.5, 0.6) is 11.5 Å². The van der Waals surface area contributed by atoms with Crippen LogP contribution in [0.4, 0.5) is 10.1 Å². The van der Waals surface area contributed by atoms with E-state index < -0.39 is 10.9 Å². The smallest absolute Gasteiger partial charge is 0.363 e. The third-order valence-corrected chi connectivity index (χ3v) is 4.78. The second-order valence-corrected chi connectivity index (χ2v) is 6.93. The van der Waals surface area contributed by atoms with Gasteiger partial charge in [0.2, 0.25) is 5.90 Å². The van der Waals surface area contributed by atoms with E-state index >= 15 is 0 Å². The topological polar surface area (TPSA) is 100 Å². The van der Waals surface area contributed by atoms with Crippen LogP contribution in [0.1, 0.15) is 16.7 Å². The van der Waals surface area contributed by atoms with Gasteiger partial charge in [0.25, 0.3) is 5.69 Å². The van der Waals surface area contributed by atoms with E-state index in [1.54, 1.807) is 36.4 Å². The fraction of sp³-hybridized carbons (Fsp3) is 0.0833. The van der Waals surface area contributed by atoms with Gasteiger partial charge in [-0.05, 0) is 42.0 Å². The molecule has 0 fully saturated rings. The second kappa shape index (κ2) is 9.31. The van der Waals surface area contributed by atoms with Gasteiger partial charge >= 0.3 is 5.97 Å². The third-order valence-electron chi connectivity index (χ3n) is 4.78. The van der Waals surface area contributed by atoms with Gasteiger partial charge in [-0.25, -0.2) is 14.2 Å². The summed E-state index contributed by atoms with van der Waals surface area (Å²) in [6.45, 7) is -0.00640. The molecular weight excluding hydrogens is 431 g/mol. The molecule has 1 heterocycles. The van der Waals surface area contributed by atoms with Gasteiger partial charge in [-0.3, -0.25) is 10.1 Å². The molecule has 0 bridgehead atoms. The Morgan fingerprint density at radius 1 is 1.09 bits per heavy atom. The molecule has 0 saturated carbocycles. The van der Waals surface area contributed by atoms with Crippen molar-refractivity contribution in [3.63, 3.8) is 0 Å². The molecule has 0 aromatic heterocycles. The molecule has 8 nitrogen and oxygen atoms in total. The number of esters is 1. The van der Waals surface area contributed by atoms with Crippen LogP contribution >= 0.6 is 0 Å². The molecule has 0 radical (unpaired) electrons. The van der Waals surface area contributed by atoms with Gasteiger partial charge in [-0.2, -0.15) is 0 Å². The van der Waals surface area contributed by atoms with Crippen molar-refractivity contribution >= 4 is 23.6 Å². The zero-order valence-corrected chi connectivity index (χ0v) is 17.4. The number of halogens is 1. The Morgan fingerprint density at radius 3 is 2.55 bits per heavy atom. The number of nitrogens with zero attached hydrogens (tertiary/aromatic N) is 2. The molecule has 9 heteroatoms. The summed E-state index contributed by atoms with van der Waals surface area (Å²) in [6, 6.07) is 16.8. The Kier molecular flexibility index (Phi) is 6.12. The molecule has 0 spiro atoms. The number of carbonyl (C=O) groups is 1. The maximum Gasteiger partial charge on any atom is 0.363 e. The Morgan fingerprint density at radius 2 is 1.85 bits per heavy atom. The number of cyclic esters (lactones) is 1.